The Labute approximate surface area is 125 Å². The van der Waals surface area contributed by atoms with Crippen LogP contribution in [0.15, 0.2) is 48.5 Å². The number of nitrogens with zero attached hydrogens (tertiary/aromatic N) is 1. The zero-order chi connectivity index (χ0) is 15.9. The summed E-state index contributed by atoms with van der Waals surface area (Å²) in [6.07, 6.45) is 0. The fourth-order valence-electron chi connectivity index (χ4n) is 2.50. The Balaban J connectivity index is 2.14. The third-order valence-electron chi connectivity index (χ3n) is 3.41. The Bertz CT molecular complexity index is 834. The van der Waals surface area contributed by atoms with Crippen LogP contribution in [0.25, 0.3) is 0 Å². The van der Waals surface area contributed by atoms with E-state index in [9.17, 15) is 22.0 Å². The van der Waals surface area contributed by atoms with Crippen LogP contribution in [-0.2, 0) is 14.6 Å². The molecule has 0 aliphatic carbocycles. The monoisotopic (exact) mass is 323 g/mol. The summed E-state index contributed by atoms with van der Waals surface area (Å²) in [7, 11) is -3.78. The van der Waals surface area contributed by atoms with Crippen molar-refractivity contribution >= 4 is 21.4 Å². The van der Waals surface area contributed by atoms with Crippen molar-refractivity contribution in [2.24, 2.45) is 0 Å². The van der Waals surface area contributed by atoms with Gasteiger partial charge in [0.05, 0.1) is 0 Å². The molecule has 22 heavy (non-hydrogen) atoms. The summed E-state index contributed by atoms with van der Waals surface area (Å²) in [5.74, 6) is -2.39. The lowest BCUT2D eigenvalue weighted by Crippen LogP contribution is -2.29. The second-order valence-corrected chi connectivity index (χ2v) is 7.02. The highest BCUT2D eigenvalue weighted by molar-refractivity contribution is 7.93. The standard InChI is InChI=1S/C15H11F2NO3S/c16-11-6-4-10(5-7-11)15-18(14(19)9-22(15,20)21)13-3-1-2-12(17)8-13/h1-8,15H,9H2/t15-/m0/s1. The van der Waals surface area contributed by atoms with E-state index in [1.165, 1.54) is 30.3 Å². The molecule has 3 rings (SSSR count). The maximum Gasteiger partial charge on any atom is 0.243 e. The van der Waals surface area contributed by atoms with E-state index in [1.54, 1.807) is 0 Å². The summed E-state index contributed by atoms with van der Waals surface area (Å²) in [5, 5.41) is -1.28. The van der Waals surface area contributed by atoms with E-state index in [-0.39, 0.29) is 11.3 Å². The van der Waals surface area contributed by atoms with Crippen LogP contribution in [0.3, 0.4) is 0 Å². The summed E-state index contributed by atoms with van der Waals surface area (Å²) in [4.78, 5) is 13.1. The summed E-state index contributed by atoms with van der Waals surface area (Å²) in [6.45, 7) is 0. The first-order chi connectivity index (χ1) is 10.4. The van der Waals surface area contributed by atoms with E-state index in [1.807, 2.05) is 0 Å². The molecule has 114 valence electrons. The number of amides is 1. The molecule has 4 nitrogen and oxygen atoms in total. The van der Waals surface area contributed by atoms with E-state index in [4.69, 9.17) is 0 Å². The van der Waals surface area contributed by atoms with E-state index in [0.717, 1.165) is 23.1 Å². The molecule has 0 spiro atoms. The van der Waals surface area contributed by atoms with Gasteiger partial charge in [0.1, 0.15) is 17.4 Å². The van der Waals surface area contributed by atoms with E-state index >= 15 is 0 Å². The minimum absolute atomic E-state index is 0.153. The van der Waals surface area contributed by atoms with Crippen molar-refractivity contribution in [3.8, 4) is 0 Å². The molecule has 0 bridgehead atoms. The predicted octanol–water partition coefficient (Wildman–Crippen LogP) is 2.43. The van der Waals surface area contributed by atoms with Crippen LogP contribution in [0, 0.1) is 11.6 Å². The van der Waals surface area contributed by atoms with Gasteiger partial charge in [-0.3, -0.25) is 9.69 Å². The van der Waals surface area contributed by atoms with Crippen molar-refractivity contribution in [2.75, 3.05) is 10.7 Å². The predicted molar refractivity (Wildman–Crippen MR) is 76.8 cm³/mol. The van der Waals surface area contributed by atoms with Crippen molar-refractivity contribution in [2.45, 2.75) is 5.37 Å². The molecule has 1 aliphatic heterocycles. The first-order valence-corrected chi connectivity index (χ1v) is 8.15. The number of rotatable bonds is 2. The summed E-state index contributed by atoms with van der Waals surface area (Å²) < 4.78 is 51.0. The maximum atomic E-state index is 13.4. The van der Waals surface area contributed by atoms with Crippen LogP contribution in [-0.4, -0.2) is 20.1 Å². The highest BCUT2D eigenvalue weighted by Crippen LogP contribution is 2.37. The normalized spacial score (nSPS) is 20.4. The van der Waals surface area contributed by atoms with Gasteiger partial charge in [-0.25, -0.2) is 17.2 Å². The van der Waals surface area contributed by atoms with Crippen molar-refractivity contribution in [1.82, 2.24) is 0 Å². The molecule has 1 fully saturated rings. The Morgan fingerprint density at radius 1 is 1.00 bits per heavy atom. The fraction of sp³-hybridized carbons (Fsp3) is 0.133. The smallest absolute Gasteiger partial charge is 0.243 e. The largest absolute Gasteiger partial charge is 0.290 e. The van der Waals surface area contributed by atoms with Gasteiger partial charge >= 0.3 is 0 Å². The van der Waals surface area contributed by atoms with E-state index in [2.05, 4.69) is 0 Å². The van der Waals surface area contributed by atoms with Crippen molar-refractivity contribution in [3.63, 3.8) is 0 Å². The van der Waals surface area contributed by atoms with Crippen LogP contribution >= 0.6 is 0 Å². The van der Waals surface area contributed by atoms with Gasteiger partial charge in [0, 0.05) is 5.69 Å². The molecule has 2 aromatic carbocycles. The molecule has 1 aliphatic rings. The van der Waals surface area contributed by atoms with Crippen LogP contribution in [0.1, 0.15) is 10.9 Å². The number of anilines is 1. The molecule has 0 aromatic heterocycles. The quantitative estimate of drug-likeness (QED) is 0.853. The van der Waals surface area contributed by atoms with E-state index in [0.29, 0.717) is 0 Å². The van der Waals surface area contributed by atoms with Gasteiger partial charge in [-0.15, -0.1) is 0 Å². The molecule has 1 saturated heterocycles. The molecular weight excluding hydrogens is 312 g/mol. The molecule has 0 radical (unpaired) electrons. The highest BCUT2D eigenvalue weighted by atomic mass is 32.2. The van der Waals surface area contributed by atoms with Crippen LogP contribution in [0.2, 0.25) is 0 Å². The number of benzene rings is 2. The Morgan fingerprint density at radius 3 is 2.32 bits per heavy atom. The lowest BCUT2D eigenvalue weighted by Gasteiger charge is -2.23. The molecule has 0 N–H and O–H groups in total. The first kappa shape index (κ1) is 14.6. The van der Waals surface area contributed by atoms with Gasteiger partial charge in [-0.1, -0.05) is 18.2 Å². The zero-order valence-electron chi connectivity index (χ0n) is 11.2. The number of hydrogen-bond acceptors (Lipinski definition) is 3. The van der Waals surface area contributed by atoms with Crippen molar-refractivity contribution in [3.05, 3.63) is 65.7 Å². The van der Waals surface area contributed by atoms with Gasteiger partial charge in [-0.05, 0) is 35.9 Å². The van der Waals surface area contributed by atoms with Gasteiger partial charge in [0.2, 0.25) is 5.91 Å². The molecule has 1 atom stereocenters. The van der Waals surface area contributed by atoms with E-state index < -0.39 is 38.5 Å². The van der Waals surface area contributed by atoms with Gasteiger partial charge < -0.3 is 0 Å². The van der Waals surface area contributed by atoms with Gasteiger partial charge in [-0.2, -0.15) is 0 Å². The Morgan fingerprint density at radius 2 is 1.68 bits per heavy atom. The van der Waals surface area contributed by atoms with Crippen molar-refractivity contribution < 1.29 is 22.0 Å². The fourth-order valence-corrected chi connectivity index (χ4v) is 4.27. The average molecular weight is 323 g/mol. The third-order valence-corrected chi connectivity index (χ3v) is 5.22. The lowest BCUT2D eigenvalue weighted by molar-refractivity contribution is -0.115. The topological polar surface area (TPSA) is 54.5 Å². The molecule has 2 aromatic rings. The zero-order valence-corrected chi connectivity index (χ0v) is 12.1. The number of carbonyl (C=O) groups is 1. The minimum Gasteiger partial charge on any atom is -0.290 e. The lowest BCUT2D eigenvalue weighted by atomic mass is 10.2. The molecule has 0 saturated carbocycles. The second kappa shape index (κ2) is 5.17. The van der Waals surface area contributed by atoms with Crippen LogP contribution in [0.4, 0.5) is 14.5 Å². The number of carbonyl (C=O) groups excluding carboxylic acids is 1. The first-order valence-electron chi connectivity index (χ1n) is 6.43. The second-order valence-electron chi connectivity index (χ2n) is 4.95. The molecule has 1 amide bonds. The third kappa shape index (κ3) is 2.48. The molecule has 7 heteroatoms. The molecule has 1 heterocycles. The summed E-state index contributed by atoms with van der Waals surface area (Å²) in [6, 6.07) is 10.0. The Hall–Kier alpha value is -2.28. The highest BCUT2D eigenvalue weighted by Gasteiger charge is 2.45. The summed E-state index contributed by atoms with van der Waals surface area (Å²) >= 11 is 0. The number of halogens is 2. The van der Waals surface area contributed by atoms with Crippen LogP contribution in [0.5, 0.6) is 0 Å². The van der Waals surface area contributed by atoms with Gasteiger partial charge in [0.25, 0.3) is 0 Å². The van der Waals surface area contributed by atoms with Crippen molar-refractivity contribution in [1.29, 1.82) is 0 Å². The maximum absolute atomic E-state index is 13.4. The molecule has 0 unspecified atom stereocenters. The number of sulfone groups is 1. The van der Waals surface area contributed by atoms with Crippen LogP contribution < -0.4 is 4.90 Å². The number of hydrogen-bond donors (Lipinski definition) is 0. The minimum atomic E-state index is -3.78. The SMILES string of the molecule is O=C1CS(=O)(=O)[C@@H](c2ccc(F)cc2)N1c1cccc(F)c1. The Kier molecular flexibility index (Phi) is 3.44. The van der Waals surface area contributed by atoms with Gasteiger partial charge in [0.15, 0.2) is 15.2 Å². The summed E-state index contributed by atoms with van der Waals surface area (Å²) in [5.41, 5.74) is 0.414. The average Bonchev–Trinajstić information content (AvgIpc) is 2.69. The molecular formula is C15H11F2NO3S.